The molecule has 2 aromatic rings. The lowest BCUT2D eigenvalue weighted by atomic mass is 10.1. The summed E-state index contributed by atoms with van der Waals surface area (Å²) in [5, 5.41) is 3.15. The van der Waals surface area contributed by atoms with E-state index in [9.17, 15) is 9.59 Å². The zero-order valence-corrected chi connectivity index (χ0v) is 20.7. The van der Waals surface area contributed by atoms with Gasteiger partial charge in [0.05, 0.1) is 0 Å². The van der Waals surface area contributed by atoms with Crippen molar-refractivity contribution in [1.29, 1.82) is 0 Å². The van der Waals surface area contributed by atoms with Gasteiger partial charge in [-0.15, -0.1) is 11.8 Å². The highest BCUT2D eigenvalue weighted by Gasteiger charge is 2.28. The lowest BCUT2D eigenvalue weighted by Crippen LogP contribution is -2.49. The normalized spacial score (nSPS) is 14.9. The zero-order valence-electron chi connectivity index (χ0n) is 18.3. The molecular formula is C25H31BrN2O2S. The van der Waals surface area contributed by atoms with Crippen LogP contribution in [0, 0.1) is 6.92 Å². The first-order valence-electron chi connectivity index (χ1n) is 11.0. The molecule has 3 rings (SSSR count). The van der Waals surface area contributed by atoms with Gasteiger partial charge < -0.3 is 10.2 Å². The van der Waals surface area contributed by atoms with Crippen LogP contribution < -0.4 is 5.32 Å². The van der Waals surface area contributed by atoms with Gasteiger partial charge in [-0.25, -0.2) is 0 Å². The molecular weight excluding hydrogens is 472 g/mol. The number of carbonyl (C=O) groups excluding carboxylic acids is 2. The lowest BCUT2D eigenvalue weighted by Gasteiger charge is -2.30. The number of amides is 2. The van der Waals surface area contributed by atoms with Crippen LogP contribution in [0.15, 0.2) is 57.9 Å². The number of benzene rings is 2. The standard InChI is InChI=1S/C25H31BrN2O2S/c1-18-10-12-23(13-11-18)31-15-14-24(29)28(17-20-6-5-7-21(26)16-20)19(2)25(30)27-22-8-3-4-9-22/h5-7,10-13,16,19,22H,3-4,8-9,14-15,17H2,1-2H3,(H,27,30)/t19-/m0/s1. The van der Waals surface area contributed by atoms with E-state index in [0.717, 1.165) is 40.6 Å². The fourth-order valence-electron chi connectivity index (χ4n) is 3.84. The average molecular weight is 504 g/mol. The van der Waals surface area contributed by atoms with Crippen molar-refractivity contribution in [3.8, 4) is 0 Å². The Bertz CT molecular complexity index is 881. The van der Waals surface area contributed by atoms with E-state index >= 15 is 0 Å². The first kappa shape index (κ1) is 23.9. The average Bonchev–Trinajstić information content (AvgIpc) is 3.26. The fraction of sp³-hybridized carbons (Fsp3) is 0.440. The summed E-state index contributed by atoms with van der Waals surface area (Å²) in [6, 6.07) is 16.0. The molecule has 0 radical (unpaired) electrons. The van der Waals surface area contributed by atoms with Crippen molar-refractivity contribution in [2.75, 3.05) is 5.75 Å². The Labute approximate surface area is 198 Å². The lowest BCUT2D eigenvalue weighted by molar-refractivity contribution is -0.140. The van der Waals surface area contributed by atoms with Gasteiger partial charge >= 0.3 is 0 Å². The minimum Gasteiger partial charge on any atom is -0.352 e. The summed E-state index contributed by atoms with van der Waals surface area (Å²) in [6.07, 6.45) is 4.79. The number of nitrogens with one attached hydrogen (secondary N) is 1. The number of nitrogens with zero attached hydrogens (tertiary/aromatic N) is 1. The molecule has 1 aliphatic carbocycles. The third-order valence-electron chi connectivity index (χ3n) is 5.72. The first-order chi connectivity index (χ1) is 14.9. The summed E-state index contributed by atoms with van der Waals surface area (Å²) < 4.78 is 0.968. The molecule has 1 fully saturated rings. The molecule has 1 saturated carbocycles. The summed E-state index contributed by atoms with van der Waals surface area (Å²) in [5.74, 6) is 0.642. The quantitative estimate of drug-likeness (QED) is 0.446. The van der Waals surface area contributed by atoms with Gasteiger partial charge in [0.25, 0.3) is 0 Å². The Balaban J connectivity index is 1.65. The van der Waals surface area contributed by atoms with Crippen LogP contribution in [0.4, 0.5) is 0 Å². The van der Waals surface area contributed by atoms with Crippen molar-refractivity contribution in [3.63, 3.8) is 0 Å². The van der Waals surface area contributed by atoms with Gasteiger partial charge in [0, 0.05) is 34.1 Å². The van der Waals surface area contributed by atoms with Crippen LogP contribution in [-0.4, -0.2) is 34.6 Å². The van der Waals surface area contributed by atoms with E-state index in [0.29, 0.717) is 18.7 Å². The van der Waals surface area contributed by atoms with Gasteiger partial charge in [-0.1, -0.05) is 58.6 Å². The molecule has 1 aliphatic rings. The third-order valence-corrected chi connectivity index (χ3v) is 7.22. The summed E-state index contributed by atoms with van der Waals surface area (Å²) in [4.78, 5) is 29.0. The molecule has 1 atom stereocenters. The molecule has 1 N–H and O–H groups in total. The molecule has 0 aliphatic heterocycles. The number of hydrogen-bond acceptors (Lipinski definition) is 3. The number of halogens is 1. The maximum Gasteiger partial charge on any atom is 0.242 e. The van der Waals surface area contributed by atoms with Crippen LogP contribution in [0.1, 0.15) is 50.2 Å². The first-order valence-corrected chi connectivity index (χ1v) is 12.7. The number of hydrogen-bond donors (Lipinski definition) is 1. The molecule has 2 aromatic carbocycles. The van der Waals surface area contributed by atoms with Gasteiger partial charge in [-0.3, -0.25) is 9.59 Å². The van der Waals surface area contributed by atoms with Gasteiger partial charge in [0.1, 0.15) is 6.04 Å². The molecule has 0 unspecified atom stereocenters. The van der Waals surface area contributed by atoms with E-state index in [1.165, 1.54) is 5.56 Å². The third kappa shape index (κ3) is 7.39. The zero-order chi connectivity index (χ0) is 22.2. The number of thioether (sulfide) groups is 1. The molecule has 2 amide bonds. The predicted molar refractivity (Wildman–Crippen MR) is 131 cm³/mol. The highest BCUT2D eigenvalue weighted by molar-refractivity contribution is 9.10. The van der Waals surface area contributed by atoms with E-state index in [1.807, 2.05) is 31.2 Å². The van der Waals surface area contributed by atoms with Crippen molar-refractivity contribution in [1.82, 2.24) is 10.2 Å². The second-order valence-corrected chi connectivity index (χ2v) is 10.3. The van der Waals surface area contributed by atoms with Crippen LogP contribution in [0.5, 0.6) is 0 Å². The Morgan fingerprint density at radius 1 is 1.16 bits per heavy atom. The second-order valence-electron chi connectivity index (χ2n) is 8.23. The molecule has 0 aromatic heterocycles. The molecule has 31 heavy (non-hydrogen) atoms. The number of carbonyl (C=O) groups is 2. The SMILES string of the molecule is Cc1ccc(SCCC(=O)N(Cc2cccc(Br)c2)[C@@H](C)C(=O)NC2CCCC2)cc1. The highest BCUT2D eigenvalue weighted by Crippen LogP contribution is 2.22. The van der Waals surface area contributed by atoms with Crippen molar-refractivity contribution in [2.45, 2.75) is 69.5 Å². The van der Waals surface area contributed by atoms with Crippen molar-refractivity contribution >= 4 is 39.5 Å². The topological polar surface area (TPSA) is 49.4 Å². The van der Waals surface area contributed by atoms with Crippen molar-refractivity contribution in [3.05, 3.63) is 64.1 Å². The molecule has 0 heterocycles. The number of aryl methyl sites for hydroxylation is 1. The minimum absolute atomic E-state index is 0.00802. The Morgan fingerprint density at radius 3 is 2.55 bits per heavy atom. The monoisotopic (exact) mass is 502 g/mol. The van der Waals surface area contributed by atoms with Gasteiger partial charge in [0.15, 0.2) is 0 Å². The molecule has 6 heteroatoms. The smallest absolute Gasteiger partial charge is 0.242 e. The van der Waals surface area contributed by atoms with Gasteiger partial charge in [-0.2, -0.15) is 0 Å². The highest BCUT2D eigenvalue weighted by atomic mass is 79.9. The van der Waals surface area contributed by atoms with Crippen LogP contribution in [0.2, 0.25) is 0 Å². The van der Waals surface area contributed by atoms with Crippen molar-refractivity contribution in [2.24, 2.45) is 0 Å². The number of rotatable bonds is 9. The maximum atomic E-state index is 13.2. The molecule has 0 saturated heterocycles. The summed E-state index contributed by atoms with van der Waals surface area (Å²) in [5.41, 5.74) is 2.23. The van der Waals surface area contributed by atoms with Crippen LogP contribution in [0.25, 0.3) is 0 Å². The van der Waals surface area contributed by atoms with E-state index in [2.05, 4.69) is 52.4 Å². The minimum atomic E-state index is -0.503. The molecule has 166 valence electrons. The second kappa shape index (κ2) is 11.7. The van der Waals surface area contributed by atoms with Gasteiger partial charge in [-0.05, 0) is 56.5 Å². The summed E-state index contributed by atoms with van der Waals surface area (Å²) in [7, 11) is 0. The van der Waals surface area contributed by atoms with E-state index < -0.39 is 6.04 Å². The fourth-order valence-corrected chi connectivity index (χ4v) is 5.13. The van der Waals surface area contributed by atoms with E-state index in [4.69, 9.17) is 0 Å². The van der Waals surface area contributed by atoms with E-state index in [-0.39, 0.29) is 17.9 Å². The Kier molecular flexibility index (Phi) is 9.02. The van der Waals surface area contributed by atoms with Crippen LogP contribution >= 0.6 is 27.7 Å². The molecule has 0 bridgehead atoms. The van der Waals surface area contributed by atoms with Crippen LogP contribution in [0.3, 0.4) is 0 Å². The van der Waals surface area contributed by atoms with E-state index in [1.54, 1.807) is 16.7 Å². The van der Waals surface area contributed by atoms with Gasteiger partial charge in [0.2, 0.25) is 11.8 Å². The maximum absolute atomic E-state index is 13.2. The van der Waals surface area contributed by atoms with Crippen LogP contribution in [-0.2, 0) is 16.1 Å². The Morgan fingerprint density at radius 2 is 1.87 bits per heavy atom. The Hall–Kier alpha value is -1.79. The molecule has 4 nitrogen and oxygen atoms in total. The van der Waals surface area contributed by atoms with Crippen molar-refractivity contribution < 1.29 is 9.59 Å². The summed E-state index contributed by atoms with van der Waals surface area (Å²) >= 11 is 5.17. The summed E-state index contributed by atoms with van der Waals surface area (Å²) in [6.45, 7) is 4.33. The predicted octanol–water partition coefficient (Wildman–Crippen LogP) is 5.72. The molecule has 0 spiro atoms. The largest absolute Gasteiger partial charge is 0.352 e.